The summed E-state index contributed by atoms with van der Waals surface area (Å²) in [5, 5.41) is 5.38. The van der Waals surface area contributed by atoms with E-state index >= 15 is 0 Å². The number of carbonyl (C=O) groups is 1. The van der Waals surface area contributed by atoms with Crippen molar-refractivity contribution in [2.45, 2.75) is 18.8 Å². The SMILES string of the molecule is CC(c1ccc(Cl)cc1)C(CNC(=O)c1ccnc2ccccc12)c1ccc(Cl)cc1. The molecule has 31 heavy (non-hydrogen) atoms. The fourth-order valence-corrected chi connectivity index (χ4v) is 4.14. The highest BCUT2D eigenvalue weighted by molar-refractivity contribution is 6.30. The van der Waals surface area contributed by atoms with Gasteiger partial charge in [0, 0.05) is 34.1 Å². The van der Waals surface area contributed by atoms with Gasteiger partial charge in [-0.05, 0) is 53.4 Å². The van der Waals surface area contributed by atoms with Crippen LogP contribution in [-0.4, -0.2) is 17.4 Å². The van der Waals surface area contributed by atoms with Crippen LogP contribution in [0.2, 0.25) is 10.0 Å². The summed E-state index contributed by atoms with van der Waals surface area (Å²) in [6, 6.07) is 25.1. The lowest BCUT2D eigenvalue weighted by atomic mass is 9.82. The van der Waals surface area contributed by atoms with E-state index in [-0.39, 0.29) is 17.7 Å². The summed E-state index contributed by atoms with van der Waals surface area (Å²) in [4.78, 5) is 17.4. The van der Waals surface area contributed by atoms with Crippen molar-refractivity contribution >= 4 is 40.0 Å². The summed E-state index contributed by atoms with van der Waals surface area (Å²) in [6.07, 6.45) is 1.67. The zero-order valence-corrected chi connectivity index (χ0v) is 18.6. The van der Waals surface area contributed by atoms with Crippen molar-refractivity contribution in [3.63, 3.8) is 0 Å². The molecule has 3 aromatic carbocycles. The first-order valence-corrected chi connectivity index (χ1v) is 10.9. The summed E-state index contributed by atoms with van der Waals surface area (Å²) in [5.41, 5.74) is 3.71. The molecule has 0 bridgehead atoms. The van der Waals surface area contributed by atoms with Crippen LogP contribution in [0.1, 0.15) is 40.2 Å². The molecule has 0 aliphatic rings. The molecule has 1 N–H and O–H groups in total. The van der Waals surface area contributed by atoms with E-state index in [0.29, 0.717) is 22.2 Å². The third kappa shape index (κ3) is 4.90. The number of benzene rings is 3. The fourth-order valence-electron chi connectivity index (χ4n) is 3.88. The second kappa shape index (κ2) is 9.51. The number of nitrogens with one attached hydrogen (secondary N) is 1. The van der Waals surface area contributed by atoms with Gasteiger partial charge in [0.25, 0.3) is 5.91 Å². The Morgan fingerprint density at radius 2 is 1.48 bits per heavy atom. The molecule has 4 rings (SSSR count). The lowest BCUT2D eigenvalue weighted by molar-refractivity contribution is 0.0951. The van der Waals surface area contributed by atoms with Gasteiger partial charge in [-0.1, -0.05) is 72.6 Å². The monoisotopic (exact) mass is 448 g/mol. The van der Waals surface area contributed by atoms with Crippen molar-refractivity contribution in [3.8, 4) is 0 Å². The number of fused-ring (bicyclic) bond motifs is 1. The third-order valence-corrected chi connectivity index (χ3v) is 6.18. The van der Waals surface area contributed by atoms with E-state index in [9.17, 15) is 4.79 Å². The van der Waals surface area contributed by atoms with E-state index in [2.05, 4.69) is 17.2 Å². The van der Waals surface area contributed by atoms with Gasteiger partial charge in [-0.2, -0.15) is 0 Å². The minimum absolute atomic E-state index is 0.0653. The molecular weight excluding hydrogens is 427 g/mol. The van der Waals surface area contributed by atoms with E-state index in [1.807, 2.05) is 72.8 Å². The maximum atomic E-state index is 13.1. The van der Waals surface area contributed by atoms with Crippen LogP contribution in [0.4, 0.5) is 0 Å². The Morgan fingerprint density at radius 1 is 0.871 bits per heavy atom. The minimum Gasteiger partial charge on any atom is -0.351 e. The van der Waals surface area contributed by atoms with Gasteiger partial charge in [0.1, 0.15) is 0 Å². The van der Waals surface area contributed by atoms with Crippen molar-refractivity contribution in [2.75, 3.05) is 6.54 Å². The standard InChI is InChI=1S/C26H22Cl2N2O/c1-17(18-6-10-20(27)11-7-18)24(19-8-12-21(28)13-9-19)16-30-26(31)23-14-15-29-25-5-3-2-4-22(23)25/h2-15,17,24H,16H2,1H3,(H,30,31). The maximum Gasteiger partial charge on any atom is 0.252 e. The predicted molar refractivity (Wildman–Crippen MR) is 128 cm³/mol. The smallest absolute Gasteiger partial charge is 0.252 e. The summed E-state index contributed by atoms with van der Waals surface area (Å²) in [6.45, 7) is 2.65. The van der Waals surface area contributed by atoms with Crippen LogP contribution >= 0.6 is 23.2 Å². The van der Waals surface area contributed by atoms with Gasteiger partial charge in [-0.15, -0.1) is 0 Å². The highest BCUT2D eigenvalue weighted by Gasteiger charge is 2.22. The number of pyridine rings is 1. The quantitative estimate of drug-likeness (QED) is 0.350. The van der Waals surface area contributed by atoms with Gasteiger partial charge >= 0.3 is 0 Å². The van der Waals surface area contributed by atoms with Crippen LogP contribution in [0, 0.1) is 0 Å². The first kappa shape index (κ1) is 21.4. The number of nitrogens with zero attached hydrogens (tertiary/aromatic N) is 1. The highest BCUT2D eigenvalue weighted by Crippen LogP contribution is 2.33. The zero-order chi connectivity index (χ0) is 21.8. The van der Waals surface area contributed by atoms with Gasteiger partial charge < -0.3 is 5.32 Å². The molecule has 0 aliphatic carbocycles. The number of para-hydroxylation sites is 1. The Morgan fingerprint density at radius 3 is 2.16 bits per heavy atom. The molecular formula is C26H22Cl2N2O. The Bertz CT molecular complexity index is 1180. The van der Waals surface area contributed by atoms with Crippen LogP contribution in [0.3, 0.4) is 0 Å². The molecule has 1 amide bonds. The number of aromatic nitrogens is 1. The van der Waals surface area contributed by atoms with E-state index in [1.54, 1.807) is 12.3 Å². The lowest BCUT2D eigenvalue weighted by Gasteiger charge is -2.26. The number of carbonyl (C=O) groups excluding carboxylic acids is 1. The lowest BCUT2D eigenvalue weighted by Crippen LogP contribution is -2.30. The molecule has 0 aliphatic heterocycles. The Balaban J connectivity index is 1.60. The van der Waals surface area contributed by atoms with Crippen molar-refractivity contribution in [1.29, 1.82) is 0 Å². The van der Waals surface area contributed by atoms with Gasteiger partial charge in [-0.3, -0.25) is 9.78 Å². The number of hydrogen-bond donors (Lipinski definition) is 1. The van der Waals surface area contributed by atoms with Crippen LogP contribution in [0.5, 0.6) is 0 Å². The van der Waals surface area contributed by atoms with Crippen molar-refractivity contribution in [2.24, 2.45) is 0 Å². The minimum atomic E-state index is -0.110. The van der Waals surface area contributed by atoms with Crippen LogP contribution in [-0.2, 0) is 0 Å². The molecule has 0 spiro atoms. The summed E-state index contributed by atoms with van der Waals surface area (Å²) in [7, 11) is 0. The first-order valence-electron chi connectivity index (χ1n) is 10.2. The molecule has 156 valence electrons. The average Bonchev–Trinajstić information content (AvgIpc) is 2.80. The van der Waals surface area contributed by atoms with Crippen molar-refractivity contribution in [1.82, 2.24) is 10.3 Å². The predicted octanol–water partition coefficient (Wildman–Crippen LogP) is 6.86. The normalized spacial score (nSPS) is 13.0. The van der Waals surface area contributed by atoms with E-state index < -0.39 is 0 Å². The molecule has 1 heterocycles. The Hall–Kier alpha value is -2.88. The van der Waals surface area contributed by atoms with Crippen molar-refractivity contribution < 1.29 is 4.79 Å². The third-order valence-electron chi connectivity index (χ3n) is 5.67. The summed E-state index contributed by atoms with van der Waals surface area (Å²) >= 11 is 12.2. The second-order valence-corrected chi connectivity index (χ2v) is 8.46. The molecule has 3 nitrogen and oxygen atoms in total. The van der Waals surface area contributed by atoms with E-state index in [1.165, 1.54) is 0 Å². The molecule has 1 aromatic heterocycles. The molecule has 2 atom stereocenters. The van der Waals surface area contributed by atoms with Crippen LogP contribution in [0.25, 0.3) is 10.9 Å². The average molecular weight is 449 g/mol. The largest absolute Gasteiger partial charge is 0.351 e. The number of halogens is 2. The first-order chi connectivity index (χ1) is 15.0. The van der Waals surface area contributed by atoms with Crippen molar-refractivity contribution in [3.05, 3.63) is 112 Å². The van der Waals surface area contributed by atoms with Gasteiger partial charge in [0.05, 0.1) is 11.1 Å². The molecule has 0 radical (unpaired) electrons. The summed E-state index contributed by atoms with van der Waals surface area (Å²) in [5.74, 6) is 0.115. The molecule has 0 saturated heterocycles. The second-order valence-electron chi connectivity index (χ2n) is 7.58. The van der Waals surface area contributed by atoms with E-state index in [0.717, 1.165) is 22.0 Å². The zero-order valence-electron chi connectivity index (χ0n) is 17.1. The molecule has 0 saturated carbocycles. The number of amides is 1. The Labute approximate surface area is 192 Å². The number of rotatable bonds is 6. The van der Waals surface area contributed by atoms with Crippen LogP contribution < -0.4 is 5.32 Å². The Kier molecular flexibility index (Phi) is 6.55. The topological polar surface area (TPSA) is 42.0 Å². The van der Waals surface area contributed by atoms with Crippen LogP contribution in [0.15, 0.2) is 85.1 Å². The van der Waals surface area contributed by atoms with Gasteiger partial charge in [-0.25, -0.2) is 0 Å². The summed E-state index contributed by atoms with van der Waals surface area (Å²) < 4.78 is 0. The van der Waals surface area contributed by atoms with Gasteiger partial charge in [0.2, 0.25) is 0 Å². The highest BCUT2D eigenvalue weighted by atomic mass is 35.5. The molecule has 4 aromatic rings. The fraction of sp³-hybridized carbons (Fsp3) is 0.154. The van der Waals surface area contributed by atoms with Gasteiger partial charge in [0.15, 0.2) is 0 Å². The number of hydrogen-bond acceptors (Lipinski definition) is 2. The maximum absolute atomic E-state index is 13.1. The van der Waals surface area contributed by atoms with E-state index in [4.69, 9.17) is 23.2 Å². The molecule has 2 unspecified atom stereocenters. The molecule has 5 heteroatoms. The molecule has 0 fully saturated rings.